The molecule has 144 valence electrons. The van der Waals surface area contributed by atoms with Gasteiger partial charge in [0, 0.05) is 52.4 Å². The molecule has 1 atom stereocenters. The Bertz CT molecular complexity index is 526. The fourth-order valence-electron chi connectivity index (χ4n) is 3.53. The van der Waals surface area contributed by atoms with Gasteiger partial charge in [-0.05, 0) is 24.9 Å². The highest BCUT2D eigenvalue weighted by molar-refractivity contribution is 5.81. The topological polar surface area (TPSA) is 56.8 Å². The van der Waals surface area contributed by atoms with E-state index in [4.69, 9.17) is 4.74 Å². The summed E-state index contributed by atoms with van der Waals surface area (Å²) in [7, 11) is 0. The van der Waals surface area contributed by atoms with Crippen molar-refractivity contribution >= 4 is 5.91 Å². The first-order valence-electron chi connectivity index (χ1n) is 9.90. The molecule has 2 aliphatic rings. The summed E-state index contributed by atoms with van der Waals surface area (Å²) >= 11 is 0. The van der Waals surface area contributed by atoms with Crippen LogP contribution in [0.4, 0.5) is 0 Å². The van der Waals surface area contributed by atoms with E-state index in [0.717, 1.165) is 65.2 Å². The number of nitrogens with zero attached hydrogens (tertiary/aromatic N) is 2. The lowest BCUT2D eigenvalue weighted by Gasteiger charge is -2.34. The molecule has 2 N–H and O–H groups in total. The van der Waals surface area contributed by atoms with Gasteiger partial charge in [0.2, 0.25) is 5.91 Å². The lowest BCUT2D eigenvalue weighted by Crippen LogP contribution is -2.48. The number of morpholine rings is 1. The van der Waals surface area contributed by atoms with Crippen molar-refractivity contribution in [1.82, 2.24) is 20.4 Å². The highest BCUT2D eigenvalue weighted by atomic mass is 16.5. The van der Waals surface area contributed by atoms with Gasteiger partial charge in [0.15, 0.2) is 0 Å². The van der Waals surface area contributed by atoms with Gasteiger partial charge in [0.1, 0.15) is 6.10 Å². The number of rotatable bonds is 8. The summed E-state index contributed by atoms with van der Waals surface area (Å²) in [5.74, 6) is 0.0201. The van der Waals surface area contributed by atoms with Gasteiger partial charge in [-0.25, -0.2) is 0 Å². The summed E-state index contributed by atoms with van der Waals surface area (Å²) in [6.07, 6.45) is 1.83. The molecule has 2 saturated heterocycles. The van der Waals surface area contributed by atoms with Gasteiger partial charge in [-0.2, -0.15) is 0 Å². The molecule has 26 heavy (non-hydrogen) atoms. The van der Waals surface area contributed by atoms with E-state index in [9.17, 15) is 4.79 Å². The molecule has 6 heteroatoms. The van der Waals surface area contributed by atoms with Crippen LogP contribution < -0.4 is 10.6 Å². The molecule has 0 aliphatic carbocycles. The summed E-state index contributed by atoms with van der Waals surface area (Å²) in [4.78, 5) is 17.0. The molecule has 0 radical (unpaired) electrons. The third-order valence-corrected chi connectivity index (χ3v) is 5.13. The molecule has 0 bridgehead atoms. The minimum absolute atomic E-state index is 0.0201. The first-order chi connectivity index (χ1) is 12.8. The van der Waals surface area contributed by atoms with Crippen LogP contribution in [0.2, 0.25) is 0 Å². The van der Waals surface area contributed by atoms with Crippen molar-refractivity contribution in [2.45, 2.75) is 25.5 Å². The highest BCUT2D eigenvalue weighted by Crippen LogP contribution is 2.09. The number of piperazine rings is 1. The average molecular weight is 361 g/mol. The van der Waals surface area contributed by atoms with Crippen LogP contribution in [0.1, 0.15) is 18.4 Å². The monoisotopic (exact) mass is 360 g/mol. The highest BCUT2D eigenvalue weighted by Gasteiger charge is 2.21. The Hall–Kier alpha value is -1.47. The fourth-order valence-corrected chi connectivity index (χ4v) is 3.53. The van der Waals surface area contributed by atoms with Crippen LogP contribution in [0.25, 0.3) is 0 Å². The molecule has 1 unspecified atom stereocenters. The summed E-state index contributed by atoms with van der Waals surface area (Å²) in [5, 5.41) is 6.18. The van der Waals surface area contributed by atoms with Crippen LogP contribution in [0.5, 0.6) is 0 Å². The molecule has 2 fully saturated rings. The zero-order valence-corrected chi connectivity index (χ0v) is 15.7. The number of nitrogens with one attached hydrogen (secondary N) is 2. The van der Waals surface area contributed by atoms with Crippen molar-refractivity contribution in [1.29, 1.82) is 0 Å². The van der Waals surface area contributed by atoms with E-state index in [1.165, 1.54) is 5.56 Å². The standard InChI is InChI=1S/C20H32N4O2/c25-20(19-16-21-9-15-26-19)22-8-4-5-10-23-11-13-24(14-12-23)17-18-6-2-1-3-7-18/h1-3,6-7,19,21H,4-5,8-17H2,(H,22,25). The largest absolute Gasteiger partial charge is 0.366 e. The van der Waals surface area contributed by atoms with Crippen LogP contribution in [0.15, 0.2) is 30.3 Å². The fraction of sp³-hybridized carbons (Fsp3) is 0.650. The Kier molecular flexibility index (Phi) is 7.88. The van der Waals surface area contributed by atoms with Crippen molar-refractivity contribution < 1.29 is 9.53 Å². The predicted octanol–water partition coefficient (Wildman–Crippen LogP) is 0.689. The Labute approximate surface area is 156 Å². The van der Waals surface area contributed by atoms with Crippen LogP contribution in [0.3, 0.4) is 0 Å². The third-order valence-electron chi connectivity index (χ3n) is 5.13. The molecular formula is C20H32N4O2. The molecule has 0 spiro atoms. The number of carbonyl (C=O) groups is 1. The maximum absolute atomic E-state index is 12.0. The van der Waals surface area contributed by atoms with Crippen molar-refractivity contribution in [2.24, 2.45) is 0 Å². The summed E-state index contributed by atoms with van der Waals surface area (Å²) in [6, 6.07) is 10.7. The number of benzene rings is 1. The van der Waals surface area contributed by atoms with Crippen molar-refractivity contribution in [2.75, 3.05) is 59.0 Å². The number of hydrogen-bond acceptors (Lipinski definition) is 5. The Morgan fingerprint density at radius 2 is 1.88 bits per heavy atom. The van der Waals surface area contributed by atoms with Gasteiger partial charge in [-0.1, -0.05) is 30.3 Å². The zero-order valence-electron chi connectivity index (χ0n) is 15.7. The molecular weight excluding hydrogens is 328 g/mol. The minimum Gasteiger partial charge on any atom is -0.366 e. The van der Waals surface area contributed by atoms with Crippen LogP contribution in [0, 0.1) is 0 Å². The average Bonchev–Trinajstić information content (AvgIpc) is 2.70. The zero-order chi connectivity index (χ0) is 18.0. The van der Waals surface area contributed by atoms with Gasteiger partial charge in [-0.15, -0.1) is 0 Å². The van der Waals surface area contributed by atoms with E-state index in [2.05, 4.69) is 50.8 Å². The van der Waals surface area contributed by atoms with Gasteiger partial charge in [-0.3, -0.25) is 9.69 Å². The van der Waals surface area contributed by atoms with Crippen LogP contribution in [-0.4, -0.2) is 80.8 Å². The number of unbranched alkanes of at least 4 members (excludes halogenated alkanes) is 1. The van der Waals surface area contributed by atoms with Crippen molar-refractivity contribution in [3.05, 3.63) is 35.9 Å². The second-order valence-electron chi connectivity index (χ2n) is 7.17. The second-order valence-corrected chi connectivity index (χ2v) is 7.17. The molecule has 1 aromatic rings. The number of amides is 1. The molecule has 6 nitrogen and oxygen atoms in total. The van der Waals surface area contributed by atoms with E-state index in [1.54, 1.807) is 0 Å². The Morgan fingerprint density at radius 3 is 2.62 bits per heavy atom. The van der Waals surface area contributed by atoms with Gasteiger partial charge >= 0.3 is 0 Å². The molecule has 1 aromatic carbocycles. The molecule has 1 amide bonds. The minimum atomic E-state index is -0.318. The van der Waals surface area contributed by atoms with Gasteiger partial charge < -0.3 is 20.3 Å². The summed E-state index contributed by atoms with van der Waals surface area (Å²) in [6.45, 7) is 9.55. The first kappa shape index (κ1) is 19.3. The Morgan fingerprint density at radius 1 is 1.12 bits per heavy atom. The normalized spacial score (nSPS) is 22.2. The SMILES string of the molecule is O=C(NCCCCN1CCN(Cc2ccccc2)CC1)C1CNCCO1. The first-order valence-corrected chi connectivity index (χ1v) is 9.90. The van der Waals surface area contributed by atoms with Crippen molar-refractivity contribution in [3.8, 4) is 0 Å². The van der Waals surface area contributed by atoms with Gasteiger partial charge in [0.05, 0.1) is 6.61 Å². The Balaban J connectivity index is 1.22. The third kappa shape index (κ3) is 6.36. The summed E-state index contributed by atoms with van der Waals surface area (Å²) in [5.41, 5.74) is 1.40. The lowest BCUT2D eigenvalue weighted by atomic mass is 10.2. The maximum atomic E-state index is 12.0. The quantitative estimate of drug-likeness (QED) is 0.668. The summed E-state index contributed by atoms with van der Waals surface area (Å²) < 4.78 is 5.46. The molecule has 0 saturated carbocycles. The van der Waals surface area contributed by atoms with E-state index in [0.29, 0.717) is 13.2 Å². The molecule has 3 rings (SSSR count). The van der Waals surface area contributed by atoms with E-state index in [1.807, 2.05) is 0 Å². The second kappa shape index (κ2) is 10.6. The number of hydrogen-bond donors (Lipinski definition) is 2. The van der Waals surface area contributed by atoms with E-state index in [-0.39, 0.29) is 12.0 Å². The number of ether oxygens (including phenoxy) is 1. The smallest absolute Gasteiger partial charge is 0.250 e. The van der Waals surface area contributed by atoms with Crippen LogP contribution >= 0.6 is 0 Å². The number of carbonyl (C=O) groups excluding carboxylic acids is 1. The van der Waals surface area contributed by atoms with Crippen molar-refractivity contribution in [3.63, 3.8) is 0 Å². The van der Waals surface area contributed by atoms with Gasteiger partial charge in [0.25, 0.3) is 0 Å². The molecule has 2 heterocycles. The van der Waals surface area contributed by atoms with Crippen LogP contribution in [-0.2, 0) is 16.1 Å². The molecule has 0 aromatic heterocycles. The maximum Gasteiger partial charge on any atom is 0.250 e. The lowest BCUT2D eigenvalue weighted by molar-refractivity contribution is -0.134. The predicted molar refractivity (Wildman–Crippen MR) is 103 cm³/mol. The molecule has 2 aliphatic heterocycles. The van der Waals surface area contributed by atoms with E-state index < -0.39 is 0 Å². The van der Waals surface area contributed by atoms with E-state index >= 15 is 0 Å².